The van der Waals surface area contributed by atoms with Gasteiger partial charge in [-0.1, -0.05) is 12.1 Å². The molecule has 0 fully saturated rings. The number of hydrogen-bond acceptors (Lipinski definition) is 5. The molecule has 0 amide bonds. The van der Waals surface area contributed by atoms with Crippen LogP contribution in [-0.4, -0.2) is 21.3 Å². The molecular formula is C15H14N3O2S+. The maximum Gasteiger partial charge on any atom is 0.338 e. The van der Waals surface area contributed by atoms with Gasteiger partial charge in [-0.2, -0.15) is 8.75 Å². The fraction of sp³-hybridized carbons (Fsp3) is 0.200. The average molecular weight is 300 g/mol. The van der Waals surface area contributed by atoms with Crippen LogP contribution in [0, 0.1) is 0 Å². The van der Waals surface area contributed by atoms with Gasteiger partial charge in [-0.25, -0.2) is 9.36 Å². The van der Waals surface area contributed by atoms with Gasteiger partial charge in [-0.05, 0) is 13.0 Å². The number of pyridine rings is 1. The monoisotopic (exact) mass is 300 g/mol. The Balaban J connectivity index is 1.82. The highest BCUT2D eigenvalue weighted by atomic mass is 32.1. The summed E-state index contributed by atoms with van der Waals surface area (Å²) < 4.78 is 15.5. The zero-order valence-corrected chi connectivity index (χ0v) is 12.3. The van der Waals surface area contributed by atoms with Crippen LogP contribution in [0.2, 0.25) is 0 Å². The predicted octanol–water partition coefficient (Wildman–Crippen LogP) is 2.20. The Morgan fingerprint density at radius 1 is 1.24 bits per heavy atom. The first kappa shape index (κ1) is 13.6. The lowest BCUT2D eigenvalue weighted by Crippen LogP contribution is -2.33. The zero-order valence-electron chi connectivity index (χ0n) is 11.5. The van der Waals surface area contributed by atoms with E-state index in [1.165, 1.54) is 11.7 Å². The summed E-state index contributed by atoms with van der Waals surface area (Å²) in [4.78, 5) is 11.6. The van der Waals surface area contributed by atoms with Crippen LogP contribution in [-0.2, 0) is 11.3 Å². The molecule has 3 aromatic rings. The van der Waals surface area contributed by atoms with Crippen molar-refractivity contribution >= 4 is 28.7 Å². The number of carbonyl (C=O) groups excluding carboxylic acids is 1. The molecule has 0 radical (unpaired) electrons. The first-order valence-corrected chi connectivity index (χ1v) is 7.37. The Morgan fingerprint density at radius 2 is 2.05 bits per heavy atom. The molecule has 0 N–H and O–H groups in total. The van der Waals surface area contributed by atoms with Crippen molar-refractivity contribution in [2.75, 3.05) is 6.61 Å². The number of hydrogen-bond donors (Lipinski definition) is 0. The Hall–Kier alpha value is -2.34. The van der Waals surface area contributed by atoms with Gasteiger partial charge in [0.2, 0.25) is 0 Å². The third kappa shape index (κ3) is 2.90. The maximum absolute atomic E-state index is 11.6. The summed E-state index contributed by atoms with van der Waals surface area (Å²) >= 11 is 1.22. The van der Waals surface area contributed by atoms with E-state index in [2.05, 4.69) is 8.75 Å². The smallest absolute Gasteiger partial charge is 0.338 e. The minimum Gasteiger partial charge on any atom is -0.462 e. The van der Waals surface area contributed by atoms with Crippen molar-refractivity contribution < 1.29 is 14.1 Å². The van der Waals surface area contributed by atoms with Crippen molar-refractivity contribution in [3.05, 3.63) is 53.9 Å². The number of aromatic nitrogens is 3. The van der Waals surface area contributed by atoms with Crippen LogP contribution in [0.5, 0.6) is 0 Å². The van der Waals surface area contributed by atoms with E-state index in [9.17, 15) is 4.79 Å². The summed E-state index contributed by atoms with van der Waals surface area (Å²) in [6, 6.07) is 9.49. The molecule has 0 aliphatic rings. The van der Waals surface area contributed by atoms with Crippen LogP contribution in [0.4, 0.5) is 0 Å². The Labute approximate surface area is 126 Å². The first-order valence-electron chi connectivity index (χ1n) is 6.64. The van der Waals surface area contributed by atoms with Crippen molar-refractivity contribution in [2.24, 2.45) is 0 Å². The topological polar surface area (TPSA) is 56.0 Å². The number of rotatable bonds is 4. The second-order valence-corrected chi connectivity index (χ2v) is 5.06. The van der Waals surface area contributed by atoms with Gasteiger partial charge in [0.05, 0.1) is 23.9 Å². The fourth-order valence-electron chi connectivity index (χ4n) is 2.10. The maximum atomic E-state index is 11.6. The molecule has 0 saturated heterocycles. The standard InChI is InChI=1S/C15H14N3O2S/c1-2-20-15(19)11-6-8-18(9-7-11)10-12-4-3-5-13-14(12)17-21-16-13/h3-9H,2,10H2,1H3/q+1. The van der Waals surface area contributed by atoms with Crippen LogP contribution in [0.25, 0.3) is 11.0 Å². The second kappa shape index (κ2) is 5.97. The molecule has 5 nitrogen and oxygen atoms in total. The summed E-state index contributed by atoms with van der Waals surface area (Å²) in [7, 11) is 0. The van der Waals surface area contributed by atoms with E-state index < -0.39 is 0 Å². The number of fused-ring (bicyclic) bond motifs is 1. The largest absolute Gasteiger partial charge is 0.462 e. The number of benzene rings is 1. The van der Waals surface area contributed by atoms with Crippen LogP contribution in [0.1, 0.15) is 22.8 Å². The summed E-state index contributed by atoms with van der Waals surface area (Å²) in [6.07, 6.45) is 3.73. The minimum atomic E-state index is -0.296. The molecule has 6 heteroatoms. The average Bonchev–Trinajstić information content (AvgIpc) is 2.98. The number of esters is 1. The van der Waals surface area contributed by atoms with Crippen LogP contribution in [0.3, 0.4) is 0 Å². The highest BCUT2D eigenvalue weighted by Crippen LogP contribution is 2.16. The van der Waals surface area contributed by atoms with Crippen molar-refractivity contribution in [3.8, 4) is 0 Å². The molecule has 1 aromatic carbocycles. The lowest BCUT2D eigenvalue weighted by atomic mass is 10.2. The van der Waals surface area contributed by atoms with E-state index in [1.807, 2.05) is 35.2 Å². The highest BCUT2D eigenvalue weighted by molar-refractivity contribution is 7.00. The van der Waals surface area contributed by atoms with Crippen molar-refractivity contribution in [1.29, 1.82) is 0 Å². The van der Waals surface area contributed by atoms with Gasteiger partial charge in [-0.3, -0.25) is 0 Å². The van der Waals surface area contributed by atoms with E-state index >= 15 is 0 Å². The van der Waals surface area contributed by atoms with Gasteiger partial charge >= 0.3 is 5.97 Å². The third-order valence-electron chi connectivity index (χ3n) is 3.12. The Bertz CT molecular complexity index is 768. The summed E-state index contributed by atoms with van der Waals surface area (Å²) in [6.45, 7) is 2.86. The highest BCUT2D eigenvalue weighted by Gasteiger charge is 2.12. The molecule has 0 saturated carbocycles. The van der Waals surface area contributed by atoms with E-state index in [-0.39, 0.29) is 5.97 Å². The summed E-state index contributed by atoms with van der Waals surface area (Å²) in [5.41, 5.74) is 3.52. The number of nitrogens with zero attached hydrogens (tertiary/aromatic N) is 3. The van der Waals surface area contributed by atoms with Crippen molar-refractivity contribution in [1.82, 2.24) is 8.75 Å². The zero-order chi connectivity index (χ0) is 14.7. The fourth-order valence-corrected chi connectivity index (χ4v) is 2.67. The molecule has 2 heterocycles. The van der Waals surface area contributed by atoms with Gasteiger partial charge in [0.1, 0.15) is 11.0 Å². The van der Waals surface area contributed by atoms with Gasteiger partial charge < -0.3 is 4.74 Å². The molecule has 2 aromatic heterocycles. The van der Waals surface area contributed by atoms with E-state index in [1.54, 1.807) is 19.1 Å². The molecular weight excluding hydrogens is 286 g/mol. The SMILES string of the molecule is CCOC(=O)c1cc[n+](Cc2cccc3nsnc23)cc1. The molecule has 21 heavy (non-hydrogen) atoms. The summed E-state index contributed by atoms with van der Waals surface area (Å²) in [5.74, 6) is -0.296. The molecule has 0 aliphatic heterocycles. The lowest BCUT2D eigenvalue weighted by molar-refractivity contribution is -0.688. The predicted molar refractivity (Wildman–Crippen MR) is 79.1 cm³/mol. The summed E-state index contributed by atoms with van der Waals surface area (Å²) in [5, 5.41) is 0. The molecule has 0 spiro atoms. The molecule has 0 unspecified atom stereocenters. The molecule has 0 bridgehead atoms. The van der Waals surface area contributed by atoms with Crippen LogP contribution >= 0.6 is 11.7 Å². The van der Waals surface area contributed by atoms with Gasteiger partial charge in [0.25, 0.3) is 0 Å². The molecule has 0 aliphatic carbocycles. The first-order chi connectivity index (χ1) is 10.3. The van der Waals surface area contributed by atoms with E-state index in [4.69, 9.17) is 4.74 Å². The Morgan fingerprint density at radius 3 is 2.81 bits per heavy atom. The van der Waals surface area contributed by atoms with Crippen molar-refractivity contribution in [3.63, 3.8) is 0 Å². The molecule has 3 rings (SSSR count). The molecule has 106 valence electrons. The van der Waals surface area contributed by atoms with E-state index in [0.717, 1.165) is 16.6 Å². The van der Waals surface area contributed by atoms with E-state index in [0.29, 0.717) is 18.7 Å². The van der Waals surface area contributed by atoms with Crippen LogP contribution in [0.15, 0.2) is 42.7 Å². The van der Waals surface area contributed by atoms with Gasteiger partial charge in [0.15, 0.2) is 18.9 Å². The Kier molecular flexibility index (Phi) is 3.87. The molecule has 0 atom stereocenters. The normalized spacial score (nSPS) is 10.7. The van der Waals surface area contributed by atoms with Crippen molar-refractivity contribution in [2.45, 2.75) is 13.5 Å². The minimum absolute atomic E-state index is 0.296. The van der Waals surface area contributed by atoms with Gasteiger partial charge in [-0.15, -0.1) is 0 Å². The van der Waals surface area contributed by atoms with Gasteiger partial charge in [0, 0.05) is 17.7 Å². The quantitative estimate of drug-likeness (QED) is 0.547. The third-order valence-corrected chi connectivity index (χ3v) is 3.67. The number of carbonyl (C=O) groups is 1. The second-order valence-electron chi connectivity index (χ2n) is 4.53. The number of ether oxygens (including phenoxy) is 1. The lowest BCUT2D eigenvalue weighted by Gasteiger charge is -2.01. The van der Waals surface area contributed by atoms with Crippen LogP contribution < -0.4 is 4.57 Å².